The Balaban J connectivity index is 1.54. The second-order valence-electron chi connectivity index (χ2n) is 23.9. The van der Waals surface area contributed by atoms with Gasteiger partial charge in [0.2, 0.25) is 5.91 Å². The molecule has 488 valence electrons. The maximum Gasteiger partial charge on any atom is 0.220 e. The molecule has 9 N–H and O–H groups in total. The molecule has 2 saturated heterocycles. The van der Waals surface area contributed by atoms with Crippen molar-refractivity contribution in [3.8, 4) is 0 Å². The molecule has 0 aromatic rings. The van der Waals surface area contributed by atoms with Crippen LogP contribution in [0.4, 0.5) is 0 Å². The SMILES string of the molecule is CC/C=C\C/C=C\C/C=C\C/C=C\C/C=C\CCCCCCCCCCCCCCCCCCCCCCCCCC(=O)NC(COC1OC(CO)C(OC2OC(CO)C(O)C(O)C2O)C(O)C1O)C(O)/C=C/CCCCCCCCCCC. The minimum absolute atomic E-state index is 0.238. The van der Waals surface area contributed by atoms with Crippen molar-refractivity contribution < 1.29 is 64.6 Å². The standard InChI is InChI=1S/C70H125NO13/c1-3-5-7-9-11-13-15-16-17-18-19-20-21-22-23-24-25-26-27-28-29-30-31-32-33-34-35-36-37-38-39-40-41-42-44-46-48-50-52-54-62(75)71-58(59(74)53-51-49-47-45-43-14-12-10-8-6-4-2)57-81-69-67(80)65(78)68(61(56-73)83-69)84-70-66(79)64(77)63(76)60(55-72)82-70/h5,7,11,13,16-17,19-20,22-23,51,53,58-61,63-70,72-74,76-80H,3-4,6,8-10,12,14-15,18,21,24-50,52,54-57H2,1-2H3,(H,71,75)/b7-5-,13-11-,17-16-,20-19-,23-22-,53-51+. The smallest absolute Gasteiger partial charge is 0.220 e. The number of nitrogens with one attached hydrogen (secondary N) is 1. The van der Waals surface area contributed by atoms with Crippen LogP contribution in [-0.2, 0) is 23.7 Å². The molecule has 0 spiro atoms. The van der Waals surface area contributed by atoms with Crippen molar-refractivity contribution >= 4 is 5.91 Å². The first-order valence-electron chi connectivity index (χ1n) is 34.2. The lowest BCUT2D eigenvalue weighted by molar-refractivity contribution is -0.359. The van der Waals surface area contributed by atoms with Gasteiger partial charge in [0.25, 0.3) is 0 Å². The second-order valence-corrected chi connectivity index (χ2v) is 23.9. The van der Waals surface area contributed by atoms with Gasteiger partial charge in [0.05, 0.1) is 32.0 Å². The summed E-state index contributed by atoms with van der Waals surface area (Å²) >= 11 is 0. The Morgan fingerprint density at radius 3 is 1.26 bits per heavy atom. The van der Waals surface area contributed by atoms with Gasteiger partial charge >= 0.3 is 0 Å². The Labute approximate surface area is 510 Å². The van der Waals surface area contributed by atoms with E-state index in [4.69, 9.17) is 18.9 Å². The lowest BCUT2D eigenvalue weighted by Crippen LogP contribution is -2.65. The molecule has 12 atom stereocenters. The quantitative estimate of drug-likeness (QED) is 0.0204. The number of amides is 1. The van der Waals surface area contributed by atoms with Crippen LogP contribution in [0.25, 0.3) is 0 Å². The van der Waals surface area contributed by atoms with Crippen LogP contribution in [0.5, 0.6) is 0 Å². The van der Waals surface area contributed by atoms with E-state index in [1.165, 1.54) is 173 Å². The summed E-state index contributed by atoms with van der Waals surface area (Å²) in [6, 6.07) is -0.913. The van der Waals surface area contributed by atoms with Gasteiger partial charge in [0.1, 0.15) is 48.8 Å². The molecule has 14 nitrogen and oxygen atoms in total. The number of unbranched alkanes of at least 4 members (excludes halogenated alkanes) is 32. The van der Waals surface area contributed by atoms with E-state index in [2.05, 4.69) is 79.9 Å². The van der Waals surface area contributed by atoms with E-state index in [0.717, 1.165) is 70.6 Å². The van der Waals surface area contributed by atoms with E-state index >= 15 is 0 Å². The number of carbonyl (C=O) groups excluding carboxylic acids is 1. The average molecular weight is 1190 g/mol. The predicted molar refractivity (Wildman–Crippen MR) is 341 cm³/mol. The zero-order chi connectivity index (χ0) is 60.9. The van der Waals surface area contributed by atoms with Gasteiger partial charge in [-0.1, -0.05) is 273 Å². The third-order valence-corrected chi connectivity index (χ3v) is 16.4. The summed E-state index contributed by atoms with van der Waals surface area (Å²) in [5.41, 5.74) is 0. The summed E-state index contributed by atoms with van der Waals surface area (Å²) in [5.74, 6) is -0.238. The molecular formula is C70H125NO13. The zero-order valence-corrected chi connectivity index (χ0v) is 52.9. The highest BCUT2D eigenvalue weighted by molar-refractivity contribution is 5.76. The minimum atomic E-state index is -1.79. The Morgan fingerprint density at radius 1 is 0.440 bits per heavy atom. The Hall–Kier alpha value is -2.57. The topological polar surface area (TPSA) is 228 Å². The van der Waals surface area contributed by atoms with E-state index < -0.39 is 86.8 Å². The molecule has 0 saturated carbocycles. The first-order valence-corrected chi connectivity index (χ1v) is 34.2. The van der Waals surface area contributed by atoms with E-state index in [0.29, 0.717) is 6.42 Å². The lowest BCUT2D eigenvalue weighted by atomic mass is 9.97. The van der Waals surface area contributed by atoms with Gasteiger partial charge in [0, 0.05) is 6.42 Å². The van der Waals surface area contributed by atoms with E-state index in [-0.39, 0.29) is 18.9 Å². The number of hydrogen-bond donors (Lipinski definition) is 9. The number of hydrogen-bond acceptors (Lipinski definition) is 13. The second kappa shape index (κ2) is 54.6. The van der Waals surface area contributed by atoms with Gasteiger partial charge in [-0.2, -0.15) is 0 Å². The van der Waals surface area contributed by atoms with Crippen LogP contribution < -0.4 is 5.32 Å². The van der Waals surface area contributed by atoms with Gasteiger partial charge in [-0.05, 0) is 64.2 Å². The van der Waals surface area contributed by atoms with Gasteiger partial charge in [-0.25, -0.2) is 0 Å². The molecule has 1 amide bonds. The molecule has 2 aliphatic rings. The molecule has 0 bridgehead atoms. The Morgan fingerprint density at radius 2 is 0.821 bits per heavy atom. The van der Waals surface area contributed by atoms with Crippen LogP contribution in [0.1, 0.15) is 271 Å². The molecule has 0 radical (unpaired) electrons. The van der Waals surface area contributed by atoms with Crippen LogP contribution in [0.15, 0.2) is 72.9 Å². The highest BCUT2D eigenvalue weighted by Crippen LogP contribution is 2.30. The molecule has 0 aromatic carbocycles. The fourth-order valence-electron chi connectivity index (χ4n) is 11.0. The maximum atomic E-state index is 13.3. The summed E-state index contributed by atoms with van der Waals surface area (Å²) in [4.78, 5) is 13.3. The third-order valence-electron chi connectivity index (χ3n) is 16.4. The van der Waals surface area contributed by atoms with Crippen molar-refractivity contribution in [2.45, 2.75) is 344 Å². The number of carbonyl (C=O) groups is 1. The van der Waals surface area contributed by atoms with Crippen LogP contribution >= 0.6 is 0 Å². The van der Waals surface area contributed by atoms with E-state index in [1.807, 2.05) is 6.08 Å². The summed E-state index contributed by atoms with van der Waals surface area (Å²) in [6.07, 6.45) is 57.0. The molecule has 12 unspecified atom stereocenters. The van der Waals surface area contributed by atoms with Crippen LogP contribution in [-0.4, -0.2) is 140 Å². The average Bonchev–Trinajstić information content (AvgIpc) is 3.59. The van der Waals surface area contributed by atoms with Gasteiger partial charge in [0.15, 0.2) is 12.6 Å². The van der Waals surface area contributed by atoms with E-state index in [9.17, 15) is 45.6 Å². The number of allylic oxidation sites excluding steroid dienone is 11. The largest absolute Gasteiger partial charge is 0.394 e. The normalized spacial score (nSPS) is 24.1. The maximum absolute atomic E-state index is 13.3. The zero-order valence-electron chi connectivity index (χ0n) is 52.9. The molecule has 84 heavy (non-hydrogen) atoms. The number of rotatable bonds is 55. The fourth-order valence-corrected chi connectivity index (χ4v) is 11.0. The van der Waals surface area contributed by atoms with Gasteiger partial charge in [-0.15, -0.1) is 0 Å². The monoisotopic (exact) mass is 1190 g/mol. The fraction of sp³-hybridized carbons (Fsp3) is 0.814. The molecule has 0 aliphatic carbocycles. The highest BCUT2D eigenvalue weighted by Gasteiger charge is 2.51. The van der Waals surface area contributed by atoms with Crippen LogP contribution in [0.3, 0.4) is 0 Å². The summed E-state index contributed by atoms with van der Waals surface area (Å²) in [5, 5.41) is 87.1. The summed E-state index contributed by atoms with van der Waals surface area (Å²) in [6.45, 7) is 2.67. The molecular weight excluding hydrogens is 1060 g/mol. The first-order chi connectivity index (χ1) is 41.1. The third kappa shape index (κ3) is 38.7. The van der Waals surface area contributed by atoms with E-state index in [1.54, 1.807) is 6.08 Å². The Bertz CT molecular complexity index is 1690. The van der Waals surface area contributed by atoms with Crippen molar-refractivity contribution in [1.82, 2.24) is 5.32 Å². The Kier molecular flexibility index (Phi) is 50.4. The van der Waals surface area contributed by atoms with Gasteiger partial charge in [-0.3, -0.25) is 4.79 Å². The van der Waals surface area contributed by atoms with Gasteiger partial charge < -0.3 is 65.1 Å². The number of aliphatic hydroxyl groups excluding tert-OH is 8. The molecule has 2 aliphatic heterocycles. The molecule has 14 heteroatoms. The molecule has 2 rings (SSSR count). The molecule has 2 fully saturated rings. The summed E-state index contributed by atoms with van der Waals surface area (Å²) in [7, 11) is 0. The first kappa shape index (κ1) is 77.5. The number of aliphatic hydroxyl groups is 8. The lowest BCUT2D eigenvalue weighted by Gasteiger charge is -2.46. The summed E-state index contributed by atoms with van der Waals surface area (Å²) < 4.78 is 22.8. The van der Waals surface area contributed by atoms with Crippen LogP contribution in [0.2, 0.25) is 0 Å². The van der Waals surface area contributed by atoms with Crippen molar-refractivity contribution in [3.63, 3.8) is 0 Å². The van der Waals surface area contributed by atoms with Crippen molar-refractivity contribution in [1.29, 1.82) is 0 Å². The minimum Gasteiger partial charge on any atom is -0.394 e. The predicted octanol–water partition coefficient (Wildman–Crippen LogP) is 13.5. The molecule has 0 aromatic heterocycles. The van der Waals surface area contributed by atoms with Crippen molar-refractivity contribution in [3.05, 3.63) is 72.9 Å². The molecule has 2 heterocycles. The van der Waals surface area contributed by atoms with Crippen molar-refractivity contribution in [2.24, 2.45) is 0 Å². The number of ether oxygens (including phenoxy) is 4. The van der Waals surface area contributed by atoms with Crippen LogP contribution in [0, 0.1) is 0 Å². The van der Waals surface area contributed by atoms with Crippen molar-refractivity contribution in [2.75, 3.05) is 19.8 Å². The highest BCUT2D eigenvalue weighted by atomic mass is 16.7.